The highest BCUT2D eigenvalue weighted by Crippen LogP contribution is 2.29. The highest BCUT2D eigenvalue weighted by atomic mass is 16.2. The van der Waals surface area contributed by atoms with E-state index in [9.17, 15) is 0 Å². The van der Waals surface area contributed by atoms with Crippen molar-refractivity contribution in [1.29, 1.82) is 0 Å². The van der Waals surface area contributed by atoms with Gasteiger partial charge in [-0.1, -0.05) is 19.9 Å². The fourth-order valence-electron chi connectivity index (χ4n) is 2.85. The van der Waals surface area contributed by atoms with Gasteiger partial charge in [-0.05, 0) is 49.1 Å². The fourth-order valence-corrected chi connectivity index (χ4v) is 2.85. The first-order valence-electron chi connectivity index (χ1n) is 7.40. The van der Waals surface area contributed by atoms with Crippen LogP contribution in [0.2, 0.25) is 0 Å². The van der Waals surface area contributed by atoms with E-state index in [1.807, 2.05) is 12.3 Å². The Morgan fingerprint density at radius 2 is 2.32 bits per heavy atom. The normalized spacial score (nSPS) is 19.2. The van der Waals surface area contributed by atoms with Crippen LogP contribution in [0.5, 0.6) is 0 Å². The van der Waals surface area contributed by atoms with Gasteiger partial charge in [0.25, 0.3) is 0 Å². The van der Waals surface area contributed by atoms with E-state index < -0.39 is 0 Å². The zero-order valence-corrected chi connectivity index (χ0v) is 12.2. The number of pyridine rings is 1. The SMILES string of the molecule is CC(C)(CCCO)CNC1CCCc2cccnc21. The number of hydrogen-bond donors (Lipinski definition) is 2. The van der Waals surface area contributed by atoms with Crippen LogP contribution in [0, 0.1) is 5.41 Å². The van der Waals surface area contributed by atoms with Gasteiger partial charge in [-0.25, -0.2) is 0 Å². The van der Waals surface area contributed by atoms with Crippen LogP contribution in [0.25, 0.3) is 0 Å². The lowest BCUT2D eigenvalue weighted by atomic mass is 9.86. The Morgan fingerprint density at radius 1 is 1.47 bits per heavy atom. The van der Waals surface area contributed by atoms with Crippen molar-refractivity contribution >= 4 is 0 Å². The number of rotatable bonds is 6. The molecule has 3 heteroatoms. The first kappa shape index (κ1) is 14.5. The van der Waals surface area contributed by atoms with Crippen LogP contribution < -0.4 is 5.32 Å². The Morgan fingerprint density at radius 3 is 3.11 bits per heavy atom. The minimum atomic E-state index is 0.231. The standard InChI is InChI=1S/C16H26N2O/c1-16(2,9-5-11-19)12-18-14-8-3-6-13-7-4-10-17-15(13)14/h4,7,10,14,18-19H,3,5-6,8-9,11-12H2,1-2H3. The van der Waals surface area contributed by atoms with E-state index in [-0.39, 0.29) is 12.0 Å². The molecule has 1 aromatic rings. The van der Waals surface area contributed by atoms with Gasteiger partial charge in [0.2, 0.25) is 0 Å². The van der Waals surface area contributed by atoms with Crippen LogP contribution in [0.3, 0.4) is 0 Å². The molecule has 0 amide bonds. The monoisotopic (exact) mass is 262 g/mol. The van der Waals surface area contributed by atoms with E-state index in [1.54, 1.807) is 0 Å². The molecular weight excluding hydrogens is 236 g/mol. The molecule has 1 unspecified atom stereocenters. The van der Waals surface area contributed by atoms with Crippen LogP contribution in [0.15, 0.2) is 18.3 Å². The second-order valence-electron chi connectivity index (χ2n) is 6.36. The van der Waals surface area contributed by atoms with Crippen molar-refractivity contribution in [3.63, 3.8) is 0 Å². The summed E-state index contributed by atoms with van der Waals surface area (Å²) >= 11 is 0. The van der Waals surface area contributed by atoms with Gasteiger partial charge in [-0.15, -0.1) is 0 Å². The van der Waals surface area contributed by atoms with Gasteiger partial charge < -0.3 is 10.4 Å². The Bertz CT molecular complexity index is 403. The topological polar surface area (TPSA) is 45.1 Å². The number of aliphatic hydroxyl groups excluding tert-OH is 1. The molecule has 0 bridgehead atoms. The van der Waals surface area contributed by atoms with Crippen molar-refractivity contribution < 1.29 is 5.11 Å². The summed E-state index contributed by atoms with van der Waals surface area (Å²) in [7, 11) is 0. The molecule has 106 valence electrons. The summed E-state index contributed by atoms with van der Waals surface area (Å²) in [5, 5.41) is 12.6. The molecule has 0 saturated heterocycles. The number of fused-ring (bicyclic) bond motifs is 1. The van der Waals surface area contributed by atoms with Crippen LogP contribution in [0.4, 0.5) is 0 Å². The van der Waals surface area contributed by atoms with Crippen molar-refractivity contribution in [1.82, 2.24) is 10.3 Å². The summed E-state index contributed by atoms with van der Waals surface area (Å²) in [5.41, 5.74) is 2.88. The number of hydrogen-bond acceptors (Lipinski definition) is 3. The van der Waals surface area contributed by atoms with E-state index in [1.165, 1.54) is 24.1 Å². The van der Waals surface area contributed by atoms with E-state index >= 15 is 0 Å². The molecule has 0 spiro atoms. The molecule has 3 nitrogen and oxygen atoms in total. The zero-order chi connectivity index (χ0) is 13.7. The minimum Gasteiger partial charge on any atom is -0.396 e. The molecular formula is C16H26N2O. The highest BCUT2D eigenvalue weighted by Gasteiger charge is 2.24. The molecule has 1 heterocycles. The predicted molar refractivity (Wildman–Crippen MR) is 78.0 cm³/mol. The van der Waals surface area contributed by atoms with Gasteiger partial charge >= 0.3 is 0 Å². The van der Waals surface area contributed by atoms with Crippen LogP contribution >= 0.6 is 0 Å². The smallest absolute Gasteiger partial charge is 0.0605 e. The Kier molecular flexibility index (Phi) is 4.94. The molecule has 2 rings (SSSR count). The van der Waals surface area contributed by atoms with E-state index in [0.717, 1.165) is 25.8 Å². The Balaban J connectivity index is 1.94. The molecule has 19 heavy (non-hydrogen) atoms. The lowest BCUT2D eigenvalue weighted by molar-refractivity contribution is 0.229. The summed E-state index contributed by atoms with van der Waals surface area (Å²) in [5.74, 6) is 0. The summed E-state index contributed by atoms with van der Waals surface area (Å²) in [4.78, 5) is 4.56. The lowest BCUT2D eigenvalue weighted by Gasteiger charge is -2.30. The highest BCUT2D eigenvalue weighted by molar-refractivity contribution is 5.25. The van der Waals surface area contributed by atoms with Gasteiger partial charge in [0.05, 0.1) is 5.69 Å². The largest absolute Gasteiger partial charge is 0.396 e. The molecule has 1 aliphatic carbocycles. The van der Waals surface area contributed by atoms with Gasteiger partial charge in [0, 0.05) is 25.4 Å². The quantitative estimate of drug-likeness (QED) is 0.828. The molecule has 1 aliphatic rings. The summed E-state index contributed by atoms with van der Waals surface area (Å²) in [6.07, 6.45) is 7.42. The molecule has 2 N–H and O–H groups in total. The summed E-state index contributed by atoms with van der Waals surface area (Å²) in [6.45, 7) is 5.79. The minimum absolute atomic E-state index is 0.231. The maximum atomic E-state index is 8.95. The number of aryl methyl sites for hydroxylation is 1. The van der Waals surface area contributed by atoms with E-state index in [2.05, 4.69) is 30.2 Å². The summed E-state index contributed by atoms with van der Waals surface area (Å²) < 4.78 is 0. The first-order valence-corrected chi connectivity index (χ1v) is 7.40. The number of aromatic nitrogens is 1. The maximum Gasteiger partial charge on any atom is 0.0605 e. The van der Waals surface area contributed by atoms with E-state index in [0.29, 0.717) is 6.04 Å². The maximum absolute atomic E-state index is 8.95. The third kappa shape index (κ3) is 4.02. The molecule has 1 atom stereocenters. The zero-order valence-electron chi connectivity index (χ0n) is 12.2. The van der Waals surface area contributed by atoms with Crippen LogP contribution in [-0.2, 0) is 6.42 Å². The fraction of sp³-hybridized carbons (Fsp3) is 0.688. The van der Waals surface area contributed by atoms with Crippen molar-refractivity contribution in [2.45, 2.75) is 52.0 Å². The average Bonchev–Trinajstić information content (AvgIpc) is 2.43. The molecule has 1 aromatic heterocycles. The van der Waals surface area contributed by atoms with Gasteiger partial charge in [0.1, 0.15) is 0 Å². The van der Waals surface area contributed by atoms with Gasteiger partial charge in [0.15, 0.2) is 0 Å². The van der Waals surface area contributed by atoms with Gasteiger partial charge in [-0.2, -0.15) is 0 Å². The van der Waals surface area contributed by atoms with Crippen molar-refractivity contribution in [3.8, 4) is 0 Å². The van der Waals surface area contributed by atoms with Crippen LogP contribution in [-0.4, -0.2) is 23.2 Å². The molecule has 0 aromatic carbocycles. The average molecular weight is 262 g/mol. The van der Waals surface area contributed by atoms with E-state index in [4.69, 9.17) is 5.11 Å². The van der Waals surface area contributed by atoms with Crippen LogP contribution in [0.1, 0.15) is 56.8 Å². The molecule has 0 saturated carbocycles. The third-order valence-corrected chi connectivity index (χ3v) is 4.03. The molecule has 0 radical (unpaired) electrons. The predicted octanol–water partition coefficient (Wildman–Crippen LogP) is 2.85. The first-order chi connectivity index (χ1) is 9.12. The van der Waals surface area contributed by atoms with Crippen molar-refractivity contribution in [2.24, 2.45) is 5.41 Å². The Labute approximate surface area is 116 Å². The lowest BCUT2D eigenvalue weighted by Crippen LogP contribution is -2.34. The van der Waals surface area contributed by atoms with Crippen molar-refractivity contribution in [3.05, 3.63) is 29.6 Å². The molecule has 0 aliphatic heterocycles. The third-order valence-electron chi connectivity index (χ3n) is 4.03. The second-order valence-corrected chi connectivity index (χ2v) is 6.36. The number of nitrogens with one attached hydrogen (secondary N) is 1. The number of nitrogens with zero attached hydrogens (tertiary/aromatic N) is 1. The Hall–Kier alpha value is -0.930. The second kappa shape index (κ2) is 6.49. The van der Waals surface area contributed by atoms with Crippen molar-refractivity contribution in [2.75, 3.05) is 13.2 Å². The number of aliphatic hydroxyl groups is 1. The molecule has 0 fully saturated rings. The summed E-state index contributed by atoms with van der Waals surface area (Å²) in [6, 6.07) is 4.64. The van der Waals surface area contributed by atoms with Gasteiger partial charge in [-0.3, -0.25) is 4.98 Å².